The molecule has 0 aliphatic carbocycles. The molecule has 1 aromatic rings. The molecule has 8 nitrogen and oxygen atoms in total. The summed E-state index contributed by atoms with van der Waals surface area (Å²) in [4.78, 5) is 26.0. The molecule has 0 unspecified atom stereocenters. The largest absolute Gasteiger partial charge is 0.466 e. The number of rotatable bonds is 5. The van der Waals surface area contributed by atoms with Crippen LogP contribution in [0.2, 0.25) is 0 Å². The van der Waals surface area contributed by atoms with E-state index in [9.17, 15) is 14.7 Å². The SMILES string of the molecule is CCOC(=O)Cc1cn([C@H]2C[C@@H](O)[C@H](CO)O2)c(=O)[nH]c1=S. The first kappa shape index (κ1) is 16.8. The molecule has 3 atom stereocenters. The van der Waals surface area contributed by atoms with Crippen LogP contribution in [0.1, 0.15) is 25.1 Å². The Labute approximate surface area is 131 Å². The molecule has 122 valence electrons. The smallest absolute Gasteiger partial charge is 0.328 e. The first-order valence-corrected chi connectivity index (χ1v) is 7.31. The van der Waals surface area contributed by atoms with Gasteiger partial charge in [0.1, 0.15) is 17.0 Å². The Balaban J connectivity index is 2.27. The summed E-state index contributed by atoms with van der Waals surface area (Å²) in [7, 11) is 0. The number of aromatic nitrogens is 2. The number of esters is 1. The quantitative estimate of drug-likeness (QED) is 0.499. The number of ether oxygens (including phenoxy) is 2. The summed E-state index contributed by atoms with van der Waals surface area (Å²) in [5.74, 6) is -0.451. The molecule has 1 aliphatic rings. The number of nitrogens with zero attached hydrogens (tertiary/aromatic N) is 1. The highest BCUT2D eigenvalue weighted by Gasteiger charge is 2.35. The molecule has 22 heavy (non-hydrogen) atoms. The van der Waals surface area contributed by atoms with E-state index in [0.717, 1.165) is 0 Å². The average molecular weight is 330 g/mol. The standard InChI is InChI=1S/C13H18N2O6S/c1-2-20-11(18)3-7-5-15(13(19)14-12(7)22)10-4-8(17)9(6-16)21-10/h5,8-10,16-17H,2-4,6H2,1H3,(H,14,19,22)/t8-,9+,10-/m1/s1. The fourth-order valence-electron chi connectivity index (χ4n) is 2.28. The molecule has 1 aliphatic heterocycles. The van der Waals surface area contributed by atoms with Gasteiger partial charge in [-0.25, -0.2) is 4.79 Å². The van der Waals surface area contributed by atoms with E-state index in [2.05, 4.69) is 4.98 Å². The Morgan fingerprint density at radius 1 is 1.64 bits per heavy atom. The van der Waals surface area contributed by atoms with Crippen molar-refractivity contribution in [1.82, 2.24) is 9.55 Å². The zero-order valence-electron chi connectivity index (χ0n) is 12.0. The van der Waals surface area contributed by atoms with Gasteiger partial charge < -0.3 is 19.7 Å². The molecule has 2 heterocycles. The van der Waals surface area contributed by atoms with Crippen molar-refractivity contribution in [2.24, 2.45) is 0 Å². The molecular weight excluding hydrogens is 312 g/mol. The number of carbonyl (C=O) groups excluding carboxylic acids is 1. The van der Waals surface area contributed by atoms with Crippen LogP contribution in [0, 0.1) is 4.64 Å². The summed E-state index contributed by atoms with van der Waals surface area (Å²) in [5.41, 5.74) is -0.0769. The number of aliphatic hydroxyl groups excluding tert-OH is 2. The van der Waals surface area contributed by atoms with Gasteiger partial charge in [-0.15, -0.1) is 0 Å². The number of carbonyl (C=O) groups is 1. The molecule has 1 fully saturated rings. The molecule has 0 amide bonds. The molecule has 0 radical (unpaired) electrons. The highest BCUT2D eigenvalue weighted by molar-refractivity contribution is 7.71. The minimum absolute atomic E-state index is 0.0673. The minimum atomic E-state index is -0.862. The molecule has 3 N–H and O–H groups in total. The monoisotopic (exact) mass is 330 g/mol. The van der Waals surface area contributed by atoms with Crippen LogP contribution < -0.4 is 5.69 Å². The van der Waals surface area contributed by atoms with Crippen molar-refractivity contribution >= 4 is 18.2 Å². The summed E-state index contributed by atoms with van der Waals surface area (Å²) in [5, 5.41) is 18.8. The number of H-pyrrole nitrogens is 1. The van der Waals surface area contributed by atoms with E-state index in [0.29, 0.717) is 5.56 Å². The lowest BCUT2D eigenvalue weighted by Gasteiger charge is -2.15. The van der Waals surface area contributed by atoms with Crippen molar-refractivity contribution in [3.63, 3.8) is 0 Å². The first-order valence-electron chi connectivity index (χ1n) is 6.90. The fraction of sp³-hybridized carbons (Fsp3) is 0.615. The van der Waals surface area contributed by atoms with Crippen molar-refractivity contribution in [3.05, 3.63) is 26.9 Å². The normalized spacial score (nSPS) is 24.4. The maximum Gasteiger partial charge on any atom is 0.328 e. The van der Waals surface area contributed by atoms with Gasteiger partial charge in [-0.1, -0.05) is 12.2 Å². The van der Waals surface area contributed by atoms with Crippen LogP contribution in [0.5, 0.6) is 0 Å². The lowest BCUT2D eigenvalue weighted by atomic mass is 10.2. The third-order valence-electron chi connectivity index (χ3n) is 3.38. The highest BCUT2D eigenvalue weighted by Crippen LogP contribution is 2.27. The van der Waals surface area contributed by atoms with Gasteiger partial charge in [0.2, 0.25) is 0 Å². The van der Waals surface area contributed by atoms with Crippen LogP contribution in [-0.4, -0.2) is 51.2 Å². The molecular formula is C13H18N2O6S. The van der Waals surface area contributed by atoms with E-state index in [1.807, 2.05) is 0 Å². The van der Waals surface area contributed by atoms with Gasteiger partial charge >= 0.3 is 11.7 Å². The van der Waals surface area contributed by atoms with Crippen LogP contribution in [0.25, 0.3) is 0 Å². The Bertz CT molecular complexity index is 655. The molecule has 0 bridgehead atoms. The number of hydrogen-bond donors (Lipinski definition) is 3. The number of aromatic amines is 1. The summed E-state index contributed by atoms with van der Waals surface area (Å²) in [6, 6.07) is 0. The van der Waals surface area contributed by atoms with E-state index in [1.54, 1.807) is 6.92 Å². The third kappa shape index (κ3) is 3.61. The number of aliphatic hydroxyl groups is 2. The summed E-state index contributed by atoms with van der Waals surface area (Å²) >= 11 is 5.04. The van der Waals surface area contributed by atoms with E-state index in [-0.39, 0.29) is 30.7 Å². The number of hydrogen-bond acceptors (Lipinski definition) is 7. The maximum atomic E-state index is 12.0. The van der Waals surface area contributed by atoms with Gasteiger partial charge in [0, 0.05) is 18.2 Å². The van der Waals surface area contributed by atoms with E-state index < -0.39 is 30.1 Å². The van der Waals surface area contributed by atoms with Crippen LogP contribution >= 0.6 is 12.2 Å². The molecule has 0 spiro atoms. The van der Waals surface area contributed by atoms with Crippen molar-refractivity contribution < 1.29 is 24.5 Å². The number of nitrogens with one attached hydrogen (secondary N) is 1. The van der Waals surface area contributed by atoms with Crippen LogP contribution in [-0.2, 0) is 20.7 Å². The Kier molecular flexibility index (Phi) is 5.46. The second-order valence-electron chi connectivity index (χ2n) is 4.92. The van der Waals surface area contributed by atoms with Gasteiger partial charge in [0.05, 0.1) is 25.7 Å². The predicted molar refractivity (Wildman–Crippen MR) is 77.8 cm³/mol. The zero-order chi connectivity index (χ0) is 16.3. The lowest BCUT2D eigenvalue weighted by molar-refractivity contribution is -0.142. The first-order chi connectivity index (χ1) is 10.5. The van der Waals surface area contributed by atoms with Crippen LogP contribution in [0.3, 0.4) is 0 Å². The van der Waals surface area contributed by atoms with E-state index >= 15 is 0 Å². The molecule has 9 heteroatoms. The summed E-state index contributed by atoms with van der Waals surface area (Å²) in [6.45, 7) is 1.61. The van der Waals surface area contributed by atoms with Crippen LogP contribution in [0.15, 0.2) is 11.0 Å². The molecule has 1 aromatic heterocycles. The van der Waals surface area contributed by atoms with Gasteiger partial charge in [-0.05, 0) is 6.92 Å². The van der Waals surface area contributed by atoms with Crippen molar-refractivity contribution in [2.45, 2.75) is 38.2 Å². The Morgan fingerprint density at radius 2 is 2.36 bits per heavy atom. The van der Waals surface area contributed by atoms with Crippen molar-refractivity contribution in [2.75, 3.05) is 13.2 Å². The van der Waals surface area contributed by atoms with E-state index in [1.165, 1.54) is 10.8 Å². The zero-order valence-corrected chi connectivity index (χ0v) is 12.8. The van der Waals surface area contributed by atoms with Crippen molar-refractivity contribution in [3.8, 4) is 0 Å². The topological polar surface area (TPSA) is 114 Å². The molecule has 0 saturated carbocycles. The fourth-order valence-corrected chi connectivity index (χ4v) is 2.50. The third-order valence-corrected chi connectivity index (χ3v) is 3.74. The van der Waals surface area contributed by atoms with Crippen LogP contribution in [0.4, 0.5) is 0 Å². The maximum absolute atomic E-state index is 12.0. The second-order valence-corrected chi connectivity index (χ2v) is 5.33. The van der Waals surface area contributed by atoms with Gasteiger partial charge in [-0.2, -0.15) is 0 Å². The summed E-state index contributed by atoms with van der Waals surface area (Å²) in [6.07, 6.45) is -0.814. The molecule has 1 saturated heterocycles. The molecule has 2 rings (SSSR count). The minimum Gasteiger partial charge on any atom is -0.466 e. The second kappa shape index (κ2) is 7.14. The Morgan fingerprint density at radius 3 is 2.95 bits per heavy atom. The molecule has 0 aromatic carbocycles. The summed E-state index contributed by atoms with van der Waals surface area (Å²) < 4.78 is 11.7. The van der Waals surface area contributed by atoms with Gasteiger partial charge in [0.25, 0.3) is 0 Å². The predicted octanol–water partition coefficient (Wildman–Crippen LogP) is -0.348. The van der Waals surface area contributed by atoms with E-state index in [4.69, 9.17) is 26.8 Å². The highest BCUT2D eigenvalue weighted by atomic mass is 32.1. The van der Waals surface area contributed by atoms with Gasteiger partial charge in [0.15, 0.2) is 0 Å². The van der Waals surface area contributed by atoms with Gasteiger partial charge in [-0.3, -0.25) is 14.3 Å². The average Bonchev–Trinajstić information content (AvgIpc) is 2.83. The lowest BCUT2D eigenvalue weighted by Crippen LogP contribution is -2.29. The van der Waals surface area contributed by atoms with Crippen molar-refractivity contribution in [1.29, 1.82) is 0 Å². The Hall–Kier alpha value is -1.55.